The third-order valence-electron chi connectivity index (χ3n) is 3.44. The van der Waals surface area contributed by atoms with Crippen LogP contribution < -0.4 is 11.1 Å². The van der Waals surface area contributed by atoms with Gasteiger partial charge in [0.2, 0.25) is 5.91 Å². The number of pyridine rings is 1. The van der Waals surface area contributed by atoms with Crippen molar-refractivity contribution in [2.75, 3.05) is 6.54 Å². The molecule has 1 heterocycles. The van der Waals surface area contributed by atoms with Crippen molar-refractivity contribution in [1.82, 2.24) is 10.3 Å². The maximum absolute atomic E-state index is 11.9. The molecule has 0 spiro atoms. The molecule has 0 bridgehead atoms. The van der Waals surface area contributed by atoms with Gasteiger partial charge < -0.3 is 11.1 Å². The zero-order chi connectivity index (χ0) is 14.1. The summed E-state index contributed by atoms with van der Waals surface area (Å²) in [6.45, 7) is 4.80. The van der Waals surface area contributed by atoms with Gasteiger partial charge in [0.05, 0.1) is 11.7 Å². The van der Waals surface area contributed by atoms with Crippen LogP contribution in [0, 0.1) is 5.92 Å². The summed E-state index contributed by atoms with van der Waals surface area (Å²) >= 11 is 0. The van der Waals surface area contributed by atoms with Crippen LogP contribution >= 0.6 is 0 Å². The van der Waals surface area contributed by atoms with Crippen molar-refractivity contribution in [3.05, 3.63) is 30.1 Å². The standard InChI is InChI=1S/C15H25N3O/c1-3-13(9-10-16)7-8-15(19)18-12(2)14-6-4-5-11-17-14/h4-6,11-13H,3,7-10,16H2,1-2H3,(H,18,19)/t12-,13?/m0/s1. The second-order valence-corrected chi connectivity index (χ2v) is 4.93. The molecule has 2 atom stereocenters. The molecule has 1 amide bonds. The van der Waals surface area contributed by atoms with Crippen LogP contribution in [0.25, 0.3) is 0 Å². The molecular formula is C15H25N3O. The van der Waals surface area contributed by atoms with Crippen LogP contribution in [0.1, 0.15) is 51.3 Å². The van der Waals surface area contributed by atoms with E-state index < -0.39 is 0 Å². The number of hydrogen-bond donors (Lipinski definition) is 2. The van der Waals surface area contributed by atoms with Gasteiger partial charge in [0.25, 0.3) is 0 Å². The van der Waals surface area contributed by atoms with E-state index in [9.17, 15) is 4.79 Å². The molecule has 0 saturated carbocycles. The Morgan fingerprint density at radius 2 is 2.21 bits per heavy atom. The number of aromatic nitrogens is 1. The molecule has 19 heavy (non-hydrogen) atoms. The summed E-state index contributed by atoms with van der Waals surface area (Å²) in [5, 5.41) is 2.99. The number of nitrogens with zero attached hydrogens (tertiary/aromatic N) is 1. The number of hydrogen-bond acceptors (Lipinski definition) is 3. The van der Waals surface area contributed by atoms with Crippen LogP contribution in [0.4, 0.5) is 0 Å². The van der Waals surface area contributed by atoms with Crippen molar-refractivity contribution in [2.45, 2.75) is 45.6 Å². The average molecular weight is 263 g/mol. The van der Waals surface area contributed by atoms with Crippen LogP contribution in [-0.2, 0) is 4.79 Å². The predicted molar refractivity (Wildman–Crippen MR) is 77.5 cm³/mol. The van der Waals surface area contributed by atoms with E-state index in [1.807, 2.05) is 25.1 Å². The molecule has 1 unspecified atom stereocenters. The molecule has 0 radical (unpaired) electrons. The molecule has 0 aromatic carbocycles. The Morgan fingerprint density at radius 3 is 2.79 bits per heavy atom. The fraction of sp³-hybridized carbons (Fsp3) is 0.600. The molecule has 0 saturated heterocycles. The third kappa shape index (κ3) is 5.83. The van der Waals surface area contributed by atoms with Gasteiger partial charge in [0, 0.05) is 12.6 Å². The summed E-state index contributed by atoms with van der Waals surface area (Å²) in [7, 11) is 0. The number of nitrogens with two attached hydrogens (primary N) is 1. The van der Waals surface area contributed by atoms with Crippen molar-refractivity contribution in [2.24, 2.45) is 11.7 Å². The van der Waals surface area contributed by atoms with Crippen LogP contribution in [0.2, 0.25) is 0 Å². The van der Waals surface area contributed by atoms with Gasteiger partial charge in [-0.05, 0) is 44.4 Å². The van der Waals surface area contributed by atoms with Gasteiger partial charge in [0.15, 0.2) is 0 Å². The molecule has 4 heteroatoms. The minimum absolute atomic E-state index is 0.0386. The van der Waals surface area contributed by atoms with E-state index in [0.29, 0.717) is 18.9 Å². The fourth-order valence-corrected chi connectivity index (χ4v) is 2.14. The molecule has 4 nitrogen and oxygen atoms in total. The molecule has 3 N–H and O–H groups in total. The summed E-state index contributed by atoms with van der Waals surface area (Å²) in [5.41, 5.74) is 6.45. The Kier molecular flexibility index (Phi) is 7.11. The molecule has 1 aromatic heterocycles. The van der Waals surface area contributed by atoms with E-state index in [1.165, 1.54) is 0 Å². The normalized spacial score (nSPS) is 13.8. The number of carbonyl (C=O) groups is 1. The Labute approximate surface area is 115 Å². The molecule has 0 fully saturated rings. The first kappa shape index (κ1) is 15.6. The van der Waals surface area contributed by atoms with Crippen molar-refractivity contribution in [3.8, 4) is 0 Å². The Balaban J connectivity index is 2.35. The molecule has 106 valence electrons. The van der Waals surface area contributed by atoms with Crippen LogP contribution in [0.3, 0.4) is 0 Å². The van der Waals surface area contributed by atoms with Gasteiger partial charge in [-0.2, -0.15) is 0 Å². The molecular weight excluding hydrogens is 238 g/mol. The summed E-state index contributed by atoms with van der Waals surface area (Å²) < 4.78 is 0. The molecule has 0 aliphatic carbocycles. The number of nitrogens with one attached hydrogen (secondary N) is 1. The van der Waals surface area contributed by atoms with Gasteiger partial charge in [-0.1, -0.05) is 19.4 Å². The van der Waals surface area contributed by atoms with E-state index in [2.05, 4.69) is 17.2 Å². The molecule has 1 rings (SSSR count). The lowest BCUT2D eigenvalue weighted by Crippen LogP contribution is -2.27. The predicted octanol–water partition coefficient (Wildman–Crippen LogP) is 2.41. The van der Waals surface area contributed by atoms with Gasteiger partial charge in [-0.3, -0.25) is 9.78 Å². The monoisotopic (exact) mass is 263 g/mol. The first-order chi connectivity index (χ1) is 9.17. The van der Waals surface area contributed by atoms with Gasteiger partial charge in [0.1, 0.15) is 0 Å². The minimum Gasteiger partial charge on any atom is -0.348 e. The van der Waals surface area contributed by atoms with E-state index in [-0.39, 0.29) is 11.9 Å². The quantitative estimate of drug-likeness (QED) is 0.757. The van der Waals surface area contributed by atoms with E-state index >= 15 is 0 Å². The summed E-state index contributed by atoms with van der Waals surface area (Å²) in [5.74, 6) is 0.648. The van der Waals surface area contributed by atoms with Crippen LogP contribution in [0.15, 0.2) is 24.4 Å². The lowest BCUT2D eigenvalue weighted by molar-refractivity contribution is -0.122. The Bertz CT molecular complexity index is 367. The number of carbonyl (C=O) groups excluding carboxylic acids is 1. The zero-order valence-electron chi connectivity index (χ0n) is 11.9. The zero-order valence-corrected chi connectivity index (χ0v) is 11.9. The largest absolute Gasteiger partial charge is 0.348 e. The SMILES string of the molecule is CCC(CCN)CCC(=O)N[C@@H](C)c1ccccn1. The Morgan fingerprint density at radius 1 is 1.42 bits per heavy atom. The van der Waals surface area contributed by atoms with Crippen LogP contribution in [-0.4, -0.2) is 17.4 Å². The highest BCUT2D eigenvalue weighted by Crippen LogP contribution is 2.15. The maximum atomic E-state index is 11.9. The van der Waals surface area contributed by atoms with Gasteiger partial charge in [-0.15, -0.1) is 0 Å². The lowest BCUT2D eigenvalue weighted by atomic mass is 9.96. The average Bonchev–Trinajstić information content (AvgIpc) is 2.44. The highest BCUT2D eigenvalue weighted by Gasteiger charge is 2.12. The first-order valence-corrected chi connectivity index (χ1v) is 7.07. The van der Waals surface area contributed by atoms with E-state index in [0.717, 1.165) is 25.0 Å². The maximum Gasteiger partial charge on any atom is 0.220 e. The summed E-state index contributed by atoms with van der Waals surface area (Å²) in [4.78, 5) is 16.1. The van der Waals surface area contributed by atoms with Crippen molar-refractivity contribution >= 4 is 5.91 Å². The summed E-state index contributed by atoms with van der Waals surface area (Å²) in [6, 6.07) is 5.69. The fourth-order valence-electron chi connectivity index (χ4n) is 2.14. The number of rotatable bonds is 8. The third-order valence-corrected chi connectivity index (χ3v) is 3.44. The number of amides is 1. The first-order valence-electron chi connectivity index (χ1n) is 7.07. The van der Waals surface area contributed by atoms with E-state index in [1.54, 1.807) is 6.20 Å². The van der Waals surface area contributed by atoms with Crippen molar-refractivity contribution in [3.63, 3.8) is 0 Å². The highest BCUT2D eigenvalue weighted by atomic mass is 16.1. The van der Waals surface area contributed by atoms with Gasteiger partial charge in [-0.25, -0.2) is 0 Å². The smallest absolute Gasteiger partial charge is 0.220 e. The van der Waals surface area contributed by atoms with Gasteiger partial charge >= 0.3 is 0 Å². The molecule has 0 aliphatic heterocycles. The second-order valence-electron chi connectivity index (χ2n) is 4.93. The van der Waals surface area contributed by atoms with Crippen molar-refractivity contribution < 1.29 is 4.79 Å². The molecule has 0 aliphatic rings. The highest BCUT2D eigenvalue weighted by molar-refractivity contribution is 5.76. The molecule has 1 aromatic rings. The van der Waals surface area contributed by atoms with Crippen molar-refractivity contribution in [1.29, 1.82) is 0 Å². The minimum atomic E-state index is -0.0386. The lowest BCUT2D eigenvalue weighted by Gasteiger charge is -2.16. The van der Waals surface area contributed by atoms with Crippen LogP contribution in [0.5, 0.6) is 0 Å². The summed E-state index contributed by atoms with van der Waals surface area (Å²) in [6.07, 6.45) is 5.30. The Hall–Kier alpha value is -1.42. The topological polar surface area (TPSA) is 68.0 Å². The second kappa shape index (κ2) is 8.64. The van der Waals surface area contributed by atoms with E-state index in [4.69, 9.17) is 5.73 Å².